The summed E-state index contributed by atoms with van der Waals surface area (Å²) in [6.07, 6.45) is 1.61. The van der Waals surface area contributed by atoms with Gasteiger partial charge in [-0.1, -0.05) is 35.4 Å². The molecule has 0 N–H and O–H groups in total. The van der Waals surface area contributed by atoms with Crippen LogP contribution in [0.25, 0.3) is 0 Å². The second-order valence-corrected chi connectivity index (χ2v) is 6.45. The number of amides is 1. The first kappa shape index (κ1) is 17.8. The Balaban J connectivity index is 1.76. The first-order valence-electron chi connectivity index (χ1n) is 8.62. The number of rotatable bonds is 6. The van der Waals surface area contributed by atoms with Gasteiger partial charge in [-0.3, -0.25) is 4.79 Å². The highest BCUT2D eigenvalue weighted by atomic mass is 16.5. The van der Waals surface area contributed by atoms with Gasteiger partial charge in [-0.15, -0.1) is 0 Å². The van der Waals surface area contributed by atoms with Crippen LogP contribution in [-0.2, 0) is 11.3 Å². The van der Waals surface area contributed by atoms with Crippen molar-refractivity contribution in [2.45, 2.75) is 27.3 Å². The second-order valence-electron chi connectivity index (χ2n) is 6.45. The van der Waals surface area contributed by atoms with E-state index in [1.54, 1.807) is 11.2 Å². The van der Waals surface area contributed by atoms with E-state index < -0.39 is 0 Å². The molecule has 0 spiro atoms. The van der Waals surface area contributed by atoms with Crippen LogP contribution in [-0.4, -0.2) is 12.5 Å². The van der Waals surface area contributed by atoms with Crippen molar-refractivity contribution in [1.82, 2.24) is 0 Å². The standard InChI is InChI=1S/C22H23NO3/c1-16-6-9-19(10-7-16)23(14-20-5-4-12-25-20)22(24)15-26-21-11-8-17(2)13-18(21)3/h4-13H,14-15H2,1-3H3. The Bertz CT molecular complexity index is 867. The summed E-state index contributed by atoms with van der Waals surface area (Å²) in [4.78, 5) is 14.5. The van der Waals surface area contributed by atoms with E-state index in [0.717, 1.165) is 28.3 Å². The molecule has 0 saturated heterocycles. The summed E-state index contributed by atoms with van der Waals surface area (Å²) in [5.74, 6) is 1.33. The lowest BCUT2D eigenvalue weighted by atomic mass is 10.1. The number of anilines is 1. The third-order valence-electron chi connectivity index (χ3n) is 4.22. The molecule has 4 nitrogen and oxygen atoms in total. The van der Waals surface area contributed by atoms with Crippen LogP contribution in [0.15, 0.2) is 65.3 Å². The van der Waals surface area contributed by atoms with Gasteiger partial charge in [-0.2, -0.15) is 0 Å². The van der Waals surface area contributed by atoms with Crippen molar-refractivity contribution >= 4 is 11.6 Å². The zero-order valence-corrected chi connectivity index (χ0v) is 15.4. The van der Waals surface area contributed by atoms with Crippen LogP contribution in [0.3, 0.4) is 0 Å². The summed E-state index contributed by atoms with van der Waals surface area (Å²) in [5.41, 5.74) is 4.15. The number of aryl methyl sites for hydroxylation is 3. The number of furan rings is 1. The lowest BCUT2D eigenvalue weighted by Crippen LogP contribution is -2.34. The topological polar surface area (TPSA) is 42.7 Å². The van der Waals surface area contributed by atoms with Gasteiger partial charge in [-0.05, 0) is 56.7 Å². The highest BCUT2D eigenvalue weighted by Gasteiger charge is 2.18. The van der Waals surface area contributed by atoms with Gasteiger partial charge in [0.2, 0.25) is 0 Å². The highest BCUT2D eigenvalue weighted by Crippen LogP contribution is 2.21. The molecule has 0 radical (unpaired) electrons. The van der Waals surface area contributed by atoms with E-state index in [-0.39, 0.29) is 12.5 Å². The molecule has 0 aliphatic carbocycles. The van der Waals surface area contributed by atoms with Crippen LogP contribution in [0.4, 0.5) is 5.69 Å². The Morgan fingerprint density at radius 2 is 1.73 bits per heavy atom. The smallest absolute Gasteiger partial charge is 0.265 e. The third-order valence-corrected chi connectivity index (χ3v) is 4.22. The molecule has 0 bridgehead atoms. The third kappa shape index (κ3) is 4.33. The van der Waals surface area contributed by atoms with Gasteiger partial charge >= 0.3 is 0 Å². The van der Waals surface area contributed by atoms with Crippen LogP contribution in [0.5, 0.6) is 5.75 Å². The number of hydrogen-bond acceptors (Lipinski definition) is 3. The zero-order chi connectivity index (χ0) is 18.5. The van der Waals surface area contributed by atoms with Gasteiger partial charge in [0, 0.05) is 5.69 Å². The lowest BCUT2D eigenvalue weighted by Gasteiger charge is -2.22. The van der Waals surface area contributed by atoms with Crippen molar-refractivity contribution < 1.29 is 13.9 Å². The molecule has 0 aliphatic heterocycles. The largest absolute Gasteiger partial charge is 0.483 e. The fourth-order valence-corrected chi connectivity index (χ4v) is 2.79. The summed E-state index contributed by atoms with van der Waals surface area (Å²) in [6, 6.07) is 17.5. The maximum atomic E-state index is 12.9. The molecule has 3 rings (SSSR count). The maximum absolute atomic E-state index is 12.9. The molecule has 1 heterocycles. The number of benzene rings is 2. The summed E-state index contributed by atoms with van der Waals surface area (Å²) >= 11 is 0. The first-order valence-corrected chi connectivity index (χ1v) is 8.62. The molecule has 0 unspecified atom stereocenters. The number of hydrogen-bond donors (Lipinski definition) is 0. The molecule has 0 fully saturated rings. The summed E-state index contributed by atoms with van der Waals surface area (Å²) < 4.78 is 11.2. The Morgan fingerprint density at radius 1 is 1.00 bits per heavy atom. The van der Waals surface area contributed by atoms with Crippen LogP contribution in [0.1, 0.15) is 22.5 Å². The fraction of sp³-hybridized carbons (Fsp3) is 0.227. The van der Waals surface area contributed by atoms with E-state index >= 15 is 0 Å². The minimum absolute atomic E-state index is 0.0293. The number of nitrogens with zero attached hydrogens (tertiary/aromatic N) is 1. The highest BCUT2D eigenvalue weighted by molar-refractivity contribution is 5.94. The van der Waals surface area contributed by atoms with Gasteiger partial charge in [0.25, 0.3) is 5.91 Å². The Labute approximate surface area is 154 Å². The SMILES string of the molecule is Cc1ccc(N(Cc2ccco2)C(=O)COc2ccc(C)cc2C)cc1. The quantitative estimate of drug-likeness (QED) is 0.641. The van der Waals surface area contributed by atoms with Gasteiger partial charge in [-0.25, -0.2) is 0 Å². The molecule has 0 atom stereocenters. The predicted octanol–water partition coefficient (Wildman–Crippen LogP) is 4.82. The zero-order valence-electron chi connectivity index (χ0n) is 15.4. The maximum Gasteiger partial charge on any atom is 0.265 e. The van der Waals surface area contributed by atoms with Crippen LogP contribution >= 0.6 is 0 Å². The average Bonchev–Trinajstić information content (AvgIpc) is 3.13. The Kier molecular flexibility index (Phi) is 5.42. The van der Waals surface area contributed by atoms with Crippen molar-refractivity contribution in [3.05, 3.63) is 83.3 Å². The molecule has 2 aromatic carbocycles. The minimum Gasteiger partial charge on any atom is -0.483 e. The van der Waals surface area contributed by atoms with E-state index in [1.165, 1.54) is 5.56 Å². The number of carbonyl (C=O) groups is 1. The van der Waals surface area contributed by atoms with Gasteiger partial charge in [0.15, 0.2) is 6.61 Å². The van der Waals surface area contributed by atoms with Crippen molar-refractivity contribution in [2.24, 2.45) is 0 Å². The Morgan fingerprint density at radius 3 is 2.38 bits per heavy atom. The summed E-state index contributed by atoms with van der Waals surface area (Å²) in [5, 5.41) is 0. The minimum atomic E-state index is -0.120. The molecule has 0 saturated carbocycles. The molecular weight excluding hydrogens is 326 g/mol. The molecule has 134 valence electrons. The molecule has 4 heteroatoms. The molecule has 0 aliphatic rings. The van der Waals surface area contributed by atoms with Gasteiger partial charge in [0.1, 0.15) is 11.5 Å². The van der Waals surface area contributed by atoms with Gasteiger partial charge in [0.05, 0.1) is 12.8 Å². The second kappa shape index (κ2) is 7.91. The predicted molar refractivity (Wildman–Crippen MR) is 102 cm³/mol. The lowest BCUT2D eigenvalue weighted by molar-refractivity contribution is -0.120. The van der Waals surface area contributed by atoms with E-state index in [9.17, 15) is 4.79 Å². The van der Waals surface area contributed by atoms with E-state index in [1.807, 2.05) is 75.4 Å². The molecular formula is C22H23NO3. The first-order chi connectivity index (χ1) is 12.5. The van der Waals surface area contributed by atoms with Crippen LogP contribution in [0, 0.1) is 20.8 Å². The van der Waals surface area contributed by atoms with Crippen molar-refractivity contribution in [1.29, 1.82) is 0 Å². The molecule has 1 aromatic heterocycles. The summed E-state index contributed by atoms with van der Waals surface area (Å²) in [6.45, 7) is 6.37. The molecule has 1 amide bonds. The number of ether oxygens (including phenoxy) is 1. The average molecular weight is 349 g/mol. The van der Waals surface area contributed by atoms with Gasteiger partial charge < -0.3 is 14.1 Å². The van der Waals surface area contributed by atoms with Crippen LogP contribution < -0.4 is 9.64 Å². The van der Waals surface area contributed by atoms with E-state index in [4.69, 9.17) is 9.15 Å². The van der Waals surface area contributed by atoms with Crippen LogP contribution in [0.2, 0.25) is 0 Å². The number of carbonyl (C=O) groups excluding carboxylic acids is 1. The fourth-order valence-electron chi connectivity index (χ4n) is 2.79. The normalized spacial score (nSPS) is 10.6. The molecule has 26 heavy (non-hydrogen) atoms. The van der Waals surface area contributed by atoms with E-state index in [0.29, 0.717) is 6.54 Å². The molecule has 3 aromatic rings. The van der Waals surface area contributed by atoms with Crippen molar-refractivity contribution in [3.8, 4) is 5.75 Å². The monoisotopic (exact) mass is 349 g/mol. The van der Waals surface area contributed by atoms with Crippen molar-refractivity contribution in [2.75, 3.05) is 11.5 Å². The summed E-state index contributed by atoms with van der Waals surface area (Å²) in [7, 11) is 0. The van der Waals surface area contributed by atoms with E-state index in [2.05, 4.69) is 0 Å². The van der Waals surface area contributed by atoms with Crippen molar-refractivity contribution in [3.63, 3.8) is 0 Å². The Hall–Kier alpha value is -3.01.